The minimum Gasteiger partial charge on any atom is -1.00 e. The first-order valence-electron chi connectivity index (χ1n) is 0.632. The van der Waals surface area contributed by atoms with Crippen LogP contribution in [0.2, 0.25) is 0 Å². The van der Waals surface area contributed by atoms with Crippen LogP contribution in [0.3, 0.4) is 0 Å². The zero-order valence-electron chi connectivity index (χ0n) is 4.34. The molecule has 0 aromatic heterocycles. The van der Waals surface area contributed by atoms with Crippen LogP contribution in [0.4, 0.5) is 4.79 Å². The smallest absolute Gasteiger partial charge is 1.00 e. The molecular weight excluding hydrogens is 108 g/mol. The molecule has 0 saturated heterocycles. The molecular formula is CH5BNNaO3. The standard InChI is InChI=1S/CH2O3.B.H3N.Na/c2-1(3)4;;;/h(H2,2,3,4);;1H3;/q;-1;;+1. The second kappa shape index (κ2) is 16.3. The summed E-state index contributed by atoms with van der Waals surface area (Å²) in [4.78, 5) is 8.44. The van der Waals surface area contributed by atoms with Crippen LogP contribution in [-0.4, -0.2) is 19.7 Å². The number of quaternary nitrogens is 1. The maximum absolute atomic E-state index is 8.44. The van der Waals surface area contributed by atoms with E-state index in [1.807, 2.05) is 0 Å². The number of carboxylic acid groups (broad SMARTS) is 2. The van der Waals surface area contributed by atoms with Gasteiger partial charge < -0.3 is 29.6 Å². The molecule has 0 aliphatic rings. The van der Waals surface area contributed by atoms with Crippen LogP contribution in [-0.2, 0) is 0 Å². The normalized spacial score (nSPS) is 3.43. The first-order chi connectivity index (χ1) is 1.73. The van der Waals surface area contributed by atoms with Crippen molar-refractivity contribution < 1.29 is 44.6 Å². The van der Waals surface area contributed by atoms with E-state index in [-0.39, 0.29) is 44.1 Å². The molecule has 5 N–H and O–H groups in total. The van der Waals surface area contributed by atoms with E-state index in [0.29, 0.717) is 0 Å². The zero-order chi connectivity index (χ0) is 3.58. The Balaban J connectivity index is -0.0000000150. The Morgan fingerprint density at radius 2 is 1.57 bits per heavy atom. The number of hydrogen-bond acceptors (Lipinski definition) is 2. The predicted molar refractivity (Wildman–Crippen MR) is 19.8 cm³/mol. The summed E-state index contributed by atoms with van der Waals surface area (Å²) in [6.07, 6.45) is -2.08. The van der Waals surface area contributed by atoms with Gasteiger partial charge in [-0.05, 0) is 0 Å². The molecule has 0 aliphatic carbocycles. The van der Waals surface area contributed by atoms with Gasteiger partial charge in [0.05, 0.1) is 0 Å². The zero-order valence-corrected chi connectivity index (χ0v) is 6.34. The van der Waals surface area contributed by atoms with Gasteiger partial charge in [0, 0.05) is 0 Å². The minimum atomic E-state index is -2.08. The SMILES string of the molecule is O=C([O-])O.[B-].[NH4+].[Na+]. The largest absolute Gasteiger partial charge is 1.00 e. The van der Waals surface area contributed by atoms with Gasteiger partial charge in [0.1, 0.15) is 0 Å². The summed E-state index contributed by atoms with van der Waals surface area (Å²) in [7, 11) is 0. The molecule has 7 heavy (non-hydrogen) atoms. The molecule has 0 aromatic rings. The van der Waals surface area contributed by atoms with Crippen molar-refractivity contribution in [3.05, 3.63) is 0 Å². The van der Waals surface area contributed by atoms with Crippen molar-refractivity contribution in [1.29, 1.82) is 0 Å². The average molecular weight is 113 g/mol. The summed E-state index contributed by atoms with van der Waals surface area (Å²) < 4.78 is 0. The van der Waals surface area contributed by atoms with Crippen molar-refractivity contribution in [3.63, 3.8) is 0 Å². The van der Waals surface area contributed by atoms with Gasteiger partial charge in [0.15, 0.2) is 0 Å². The summed E-state index contributed by atoms with van der Waals surface area (Å²) in [6.45, 7) is 0. The van der Waals surface area contributed by atoms with E-state index in [2.05, 4.69) is 0 Å². The summed E-state index contributed by atoms with van der Waals surface area (Å²) >= 11 is 0. The van der Waals surface area contributed by atoms with Crippen LogP contribution in [0, 0.1) is 0 Å². The fourth-order valence-electron chi connectivity index (χ4n) is 0. The quantitative estimate of drug-likeness (QED) is 0.312. The van der Waals surface area contributed by atoms with Gasteiger partial charge in [0.2, 0.25) is 6.16 Å². The van der Waals surface area contributed by atoms with Gasteiger partial charge in [0.25, 0.3) is 0 Å². The molecule has 0 aromatic carbocycles. The van der Waals surface area contributed by atoms with Crippen molar-refractivity contribution in [2.24, 2.45) is 0 Å². The van der Waals surface area contributed by atoms with Crippen molar-refractivity contribution in [3.8, 4) is 0 Å². The van der Waals surface area contributed by atoms with E-state index in [0.717, 1.165) is 0 Å². The second-order valence-corrected chi connectivity index (χ2v) is 0.266. The Labute approximate surface area is 65.4 Å². The van der Waals surface area contributed by atoms with Gasteiger partial charge in [-0.1, -0.05) is 0 Å². The van der Waals surface area contributed by atoms with Crippen LogP contribution in [0.25, 0.3) is 0 Å². The molecule has 0 amide bonds. The van der Waals surface area contributed by atoms with Crippen LogP contribution in [0.1, 0.15) is 0 Å². The summed E-state index contributed by atoms with van der Waals surface area (Å²) in [6, 6.07) is 0. The Kier molecular flexibility index (Phi) is 61.8. The van der Waals surface area contributed by atoms with Crippen molar-refractivity contribution in [1.82, 2.24) is 6.15 Å². The third-order valence-electron chi connectivity index (χ3n) is 0. The van der Waals surface area contributed by atoms with Crippen LogP contribution >= 0.6 is 0 Å². The predicted octanol–water partition coefficient (Wildman–Crippen LogP) is -4.11. The topological polar surface area (TPSA) is 96.9 Å². The average Bonchev–Trinajstić information content (AvgIpc) is 0.811. The monoisotopic (exact) mass is 113 g/mol. The third kappa shape index (κ3) is 1330. The number of rotatable bonds is 0. The molecule has 0 fully saturated rings. The Bertz CT molecular complexity index is 37.9. The fraction of sp³-hybridized carbons (Fsp3) is 0. The molecule has 0 heterocycles. The van der Waals surface area contributed by atoms with E-state index in [1.54, 1.807) is 0 Å². The van der Waals surface area contributed by atoms with E-state index in [9.17, 15) is 0 Å². The van der Waals surface area contributed by atoms with Crippen LogP contribution in [0.15, 0.2) is 0 Å². The Hall–Kier alpha value is 0.295. The van der Waals surface area contributed by atoms with Gasteiger partial charge in [-0.2, -0.15) is 0 Å². The van der Waals surface area contributed by atoms with Gasteiger partial charge >= 0.3 is 29.6 Å². The molecule has 0 atom stereocenters. The van der Waals surface area contributed by atoms with Crippen LogP contribution < -0.4 is 40.8 Å². The summed E-state index contributed by atoms with van der Waals surface area (Å²) in [5.41, 5.74) is 0. The first-order valence-corrected chi connectivity index (χ1v) is 0.632. The fourth-order valence-corrected chi connectivity index (χ4v) is 0. The maximum Gasteiger partial charge on any atom is 1.00 e. The Morgan fingerprint density at radius 3 is 1.57 bits per heavy atom. The molecule has 0 unspecified atom stereocenters. The van der Waals surface area contributed by atoms with Crippen LogP contribution in [0.5, 0.6) is 0 Å². The van der Waals surface area contributed by atoms with E-state index >= 15 is 0 Å². The molecule has 0 aliphatic heterocycles. The molecule has 0 rings (SSSR count). The number of carbonyl (C=O) groups is 1. The van der Waals surface area contributed by atoms with E-state index in [1.165, 1.54) is 0 Å². The first kappa shape index (κ1) is 26.6. The van der Waals surface area contributed by atoms with Crippen molar-refractivity contribution in [2.45, 2.75) is 0 Å². The van der Waals surface area contributed by atoms with Crippen molar-refractivity contribution in [2.75, 3.05) is 0 Å². The molecule has 4 radical (unpaired) electrons. The van der Waals surface area contributed by atoms with E-state index in [4.69, 9.17) is 15.0 Å². The Morgan fingerprint density at radius 1 is 1.57 bits per heavy atom. The molecule has 6 heteroatoms. The summed E-state index contributed by atoms with van der Waals surface area (Å²) in [5, 5.41) is 15.3. The molecule has 0 saturated carbocycles. The molecule has 4 nitrogen and oxygen atoms in total. The number of hydrogen-bond donors (Lipinski definition) is 2. The van der Waals surface area contributed by atoms with Gasteiger partial charge in [-0.3, -0.25) is 0 Å². The molecule has 0 spiro atoms. The van der Waals surface area contributed by atoms with Gasteiger partial charge in [-0.25, -0.2) is 0 Å². The summed E-state index contributed by atoms with van der Waals surface area (Å²) in [5.74, 6) is 0. The maximum atomic E-state index is 8.44. The second-order valence-electron chi connectivity index (χ2n) is 0.266. The minimum absolute atomic E-state index is 0. The molecule has 0 bridgehead atoms. The van der Waals surface area contributed by atoms with Crippen molar-refractivity contribution >= 4 is 14.6 Å². The molecule has 36 valence electrons. The van der Waals surface area contributed by atoms with E-state index < -0.39 is 6.16 Å². The third-order valence-corrected chi connectivity index (χ3v) is 0. The van der Waals surface area contributed by atoms with Gasteiger partial charge in [-0.15, -0.1) is 0 Å².